The van der Waals surface area contributed by atoms with Crippen LogP contribution in [0, 0.1) is 16.0 Å². The van der Waals surface area contributed by atoms with Gasteiger partial charge in [0.1, 0.15) is 5.75 Å². The van der Waals surface area contributed by atoms with Crippen LogP contribution in [0.3, 0.4) is 0 Å². The number of non-ortho nitro benzene ring substituents is 1. The van der Waals surface area contributed by atoms with Crippen LogP contribution >= 0.6 is 0 Å². The third-order valence-corrected chi connectivity index (χ3v) is 5.99. The Morgan fingerprint density at radius 2 is 2.13 bits per heavy atom. The number of allylic oxidation sites excluding steroid dienone is 2. The fourth-order valence-corrected chi connectivity index (χ4v) is 4.47. The van der Waals surface area contributed by atoms with Crippen molar-refractivity contribution in [2.75, 3.05) is 25.6 Å². The minimum atomic E-state index is -0.457. The normalized spacial score (nSPS) is 21.1. The molecule has 0 saturated carbocycles. The number of benzene rings is 2. The highest BCUT2D eigenvalue weighted by molar-refractivity contribution is 5.95. The first-order valence-corrected chi connectivity index (χ1v) is 10.3. The summed E-state index contributed by atoms with van der Waals surface area (Å²) in [5.41, 5.74) is 2.93. The van der Waals surface area contributed by atoms with Gasteiger partial charge in [0.2, 0.25) is 0 Å². The molecule has 0 fully saturated rings. The Morgan fingerprint density at radius 3 is 2.90 bits per heavy atom. The van der Waals surface area contributed by atoms with Crippen molar-refractivity contribution in [3.8, 4) is 5.75 Å². The van der Waals surface area contributed by atoms with Gasteiger partial charge < -0.3 is 20.5 Å². The number of rotatable bonds is 7. The molecule has 1 aliphatic carbocycles. The molecule has 0 saturated heterocycles. The van der Waals surface area contributed by atoms with Crippen LogP contribution in [0.15, 0.2) is 48.6 Å². The van der Waals surface area contributed by atoms with Gasteiger partial charge in [0.25, 0.3) is 11.6 Å². The number of fused-ring (bicyclic) bond motifs is 3. The molecule has 1 heterocycles. The van der Waals surface area contributed by atoms with Crippen LogP contribution in [0.25, 0.3) is 0 Å². The Labute approximate surface area is 180 Å². The van der Waals surface area contributed by atoms with Crippen molar-refractivity contribution in [1.82, 2.24) is 5.32 Å². The van der Waals surface area contributed by atoms with E-state index in [0.29, 0.717) is 24.3 Å². The molecule has 8 heteroatoms. The Hall–Kier alpha value is -3.39. The van der Waals surface area contributed by atoms with Crippen molar-refractivity contribution < 1.29 is 19.6 Å². The van der Waals surface area contributed by atoms with Gasteiger partial charge >= 0.3 is 0 Å². The van der Waals surface area contributed by atoms with Crippen LogP contribution in [-0.4, -0.2) is 36.2 Å². The molecule has 2 aromatic carbocycles. The third-order valence-electron chi connectivity index (χ3n) is 5.99. The molecule has 1 aliphatic heterocycles. The second-order valence-corrected chi connectivity index (χ2v) is 7.88. The molecule has 3 unspecified atom stereocenters. The molecule has 0 radical (unpaired) electrons. The molecule has 0 aromatic heterocycles. The number of ether oxygens (including phenoxy) is 1. The van der Waals surface area contributed by atoms with Crippen LogP contribution in [-0.2, 0) is 4.74 Å². The summed E-state index contributed by atoms with van der Waals surface area (Å²) in [6, 6.07) is 9.38. The molecule has 4 rings (SSSR count). The number of nitrogens with one attached hydrogen (secondary N) is 2. The first-order chi connectivity index (χ1) is 15.0. The van der Waals surface area contributed by atoms with Crippen LogP contribution in [0.5, 0.6) is 5.75 Å². The predicted molar refractivity (Wildman–Crippen MR) is 116 cm³/mol. The van der Waals surface area contributed by atoms with E-state index in [1.807, 2.05) is 12.1 Å². The summed E-state index contributed by atoms with van der Waals surface area (Å²) >= 11 is 0. The van der Waals surface area contributed by atoms with Crippen LogP contribution < -0.4 is 10.6 Å². The number of amides is 1. The van der Waals surface area contributed by atoms with E-state index < -0.39 is 4.92 Å². The van der Waals surface area contributed by atoms with Crippen molar-refractivity contribution in [1.29, 1.82) is 0 Å². The van der Waals surface area contributed by atoms with E-state index in [4.69, 9.17) is 4.74 Å². The number of carbonyl (C=O) groups is 1. The van der Waals surface area contributed by atoms with Crippen LogP contribution in [0.4, 0.5) is 11.4 Å². The molecule has 2 aliphatic rings. The summed E-state index contributed by atoms with van der Waals surface area (Å²) in [5, 5.41) is 28.0. The Balaban J connectivity index is 1.62. The van der Waals surface area contributed by atoms with Gasteiger partial charge in [-0.1, -0.05) is 12.2 Å². The monoisotopic (exact) mass is 423 g/mol. The van der Waals surface area contributed by atoms with Gasteiger partial charge in [-0.25, -0.2) is 0 Å². The fraction of sp³-hybridized carbons (Fsp3) is 0.348. The van der Waals surface area contributed by atoms with Crippen molar-refractivity contribution in [3.63, 3.8) is 0 Å². The fourth-order valence-electron chi connectivity index (χ4n) is 4.47. The largest absolute Gasteiger partial charge is 0.508 e. The van der Waals surface area contributed by atoms with Gasteiger partial charge in [-0.2, -0.15) is 0 Å². The summed E-state index contributed by atoms with van der Waals surface area (Å²) in [6.45, 7) is 1.14. The lowest BCUT2D eigenvalue weighted by Gasteiger charge is -2.37. The van der Waals surface area contributed by atoms with E-state index in [0.717, 1.165) is 24.1 Å². The molecular formula is C23H25N3O5. The smallest absolute Gasteiger partial charge is 0.270 e. The van der Waals surface area contributed by atoms with Crippen molar-refractivity contribution in [3.05, 3.63) is 75.4 Å². The summed E-state index contributed by atoms with van der Waals surface area (Å²) in [5.74, 6) is 0.0433. The number of nitrogens with zero attached hydrogens (tertiary/aromatic N) is 1. The summed E-state index contributed by atoms with van der Waals surface area (Å²) in [7, 11) is 1.63. The Morgan fingerprint density at radius 1 is 1.29 bits per heavy atom. The number of phenolic OH excluding ortho intramolecular Hbond substituents is 1. The highest BCUT2D eigenvalue weighted by atomic mass is 16.6. The summed E-state index contributed by atoms with van der Waals surface area (Å²) < 4.78 is 5.00. The van der Waals surface area contributed by atoms with Crippen molar-refractivity contribution in [2.45, 2.75) is 24.8 Å². The zero-order valence-corrected chi connectivity index (χ0v) is 17.2. The van der Waals surface area contributed by atoms with Crippen LogP contribution in [0.1, 0.15) is 46.3 Å². The molecule has 3 atom stereocenters. The molecule has 162 valence electrons. The molecule has 0 bridgehead atoms. The van der Waals surface area contributed by atoms with E-state index in [1.165, 1.54) is 18.2 Å². The molecule has 1 amide bonds. The summed E-state index contributed by atoms with van der Waals surface area (Å²) in [4.78, 5) is 23.3. The SMILES string of the molecule is COCCCNC(=O)c1ccc2c(c1)C1C=CCC1C(c1cc([N+](=O)[O-])ccc1O)N2. The topological polar surface area (TPSA) is 114 Å². The van der Waals surface area contributed by atoms with E-state index in [-0.39, 0.29) is 35.2 Å². The van der Waals surface area contributed by atoms with E-state index in [1.54, 1.807) is 13.2 Å². The average Bonchev–Trinajstić information content (AvgIpc) is 3.26. The zero-order valence-electron chi connectivity index (χ0n) is 17.2. The number of nitro benzene ring substituents is 1. The second kappa shape index (κ2) is 8.77. The zero-order chi connectivity index (χ0) is 22.0. The van der Waals surface area contributed by atoms with Gasteiger partial charge in [0.15, 0.2) is 0 Å². The minimum Gasteiger partial charge on any atom is -0.508 e. The van der Waals surface area contributed by atoms with Gasteiger partial charge in [0, 0.05) is 55.1 Å². The first-order valence-electron chi connectivity index (χ1n) is 10.3. The highest BCUT2D eigenvalue weighted by Crippen LogP contribution is 2.51. The number of anilines is 1. The number of aromatic hydroxyl groups is 1. The number of phenols is 1. The first kappa shape index (κ1) is 20.9. The molecule has 2 aromatic rings. The van der Waals surface area contributed by atoms with Gasteiger partial charge in [-0.15, -0.1) is 0 Å². The lowest BCUT2D eigenvalue weighted by Crippen LogP contribution is -2.30. The Bertz CT molecular complexity index is 1040. The quantitative estimate of drug-likeness (QED) is 0.269. The predicted octanol–water partition coefficient (Wildman–Crippen LogP) is 3.89. The van der Waals surface area contributed by atoms with E-state index in [2.05, 4.69) is 22.8 Å². The number of nitro groups is 1. The number of carbonyl (C=O) groups excluding carboxylic acids is 1. The second-order valence-electron chi connectivity index (χ2n) is 7.88. The maximum Gasteiger partial charge on any atom is 0.270 e. The molecule has 3 N–H and O–H groups in total. The third kappa shape index (κ3) is 4.11. The molecule has 8 nitrogen and oxygen atoms in total. The summed E-state index contributed by atoms with van der Waals surface area (Å²) in [6.07, 6.45) is 5.73. The number of methoxy groups -OCH3 is 1. The lowest BCUT2D eigenvalue weighted by molar-refractivity contribution is -0.385. The van der Waals surface area contributed by atoms with Gasteiger partial charge in [-0.05, 0) is 48.6 Å². The highest BCUT2D eigenvalue weighted by Gasteiger charge is 2.39. The molecule has 31 heavy (non-hydrogen) atoms. The number of hydrogen-bond donors (Lipinski definition) is 3. The van der Waals surface area contributed by atoms with Gasteiger partial charge in [0.05, 0.1) is 11.0 Å². The Kier molecular flexibility index (Phi) is 5.90. The average molecular weight is 423 g/mol. The van der Waals surface area contributed by atoms with E-state index >= 15 is 0 Å². The van der Waals surface area contributed by atoms with Gasteiger partial charge in [-0.3, -0.25) is 14.9 Å². The lowest BCUT2D eigenvalue weighted by atomic mass is 9.76. The number of hydrogen-bond acceptors (Lipinski definition) is 6. The van der Waals surface area contributed by atoms with Crippen LogP contribution in [0.2, 0.25) is 0 Å². The maximum absolute atomic E-state index is 12.5. The standard InChI is InChI=1S/C23H25N3O5/c1-31-11-3-10-24-23(28)14-6-8-20-18(12-14)16-4-2-5-17(16)22(25-20)19-13-15(26(29)30)7-9-21(19)27/h2,4,6-9,12-13,16-17,22,25,27H,3,5,10-11H2,1H3,(H,24,28). The van der Waals surface area contributed by atoms with E-state index in [9.17, 15) is 20.0 Å². The van der Waals surface area contributed by atoms with Crippen molar-refractivity contribution in [2.24, 2.45) is 5.92 Å². The van der Waals surface area contributed by atoms with Crippen molar-refractivity contribution >= 4 is 17.3 Å². The minimum absolute atomic E-state index is 0.0317. The molecule has 0 spiro atoms. The maximum atomic E-state index is 12.5. The molecular weight excluding hydrogens is 398 g/mol.